The highest BCUT2D eigenvalue weighted by molar-refractivity contribution is 7.92. The lowest BCUT2D eigenvalue weighted by atomic mass is 9.99. The number of carbonyl (C=O) groups is 1. The average Bonchev–Trinajstić information content (AvgIpc) is 3.14. The number of thiophene rings is 1. The number of hydrazone groups is 1. The molecule has 0 fully saturated rings. The van der Waals surface area contributed by atoms with Crippen molar-refractivity contribution in [3.8, 4) is 5.69 Å². The Hall–Kier alpha value is -1.93. The van der Waals surface area contributed by atoms with Gasteiger partial charge in [-0.05, 0) is 31.4 Å². The van der Waals surface area contributed by atoms with Crippen LogP contribution in [0.25, 0.3) is 5.69 Å². The maximum absolute atomic E-state index is 12.7. The minimum absolute atomic E-state index is 0.161. The van der Waals surface area contributed by atoms with Crippen LogP contribution >= 0.6 is 11.3 Å². The van der Waals surface area contributed by atoms with E-state index in [0.29, 0.717) is 10.6 Å². The maximum Gasteiger partial charge on any atom is 0.283 e. The number of amides is 1. The van der Waals surface area contributed by atoms with E-state index in [0.717, 1.165) is 11.3 Å². The summed E-state index contributed by atoms with van der Waals surface area (Å²) in [5.41, 5.74) is 2.68. The zero-order valence-electron chi connectivity index (χ0n) is 15.0. The molecule has 0 saturated carbocycles. The molecule has 0 unspecified atom stereocenters. The first-order chi connectivity index (χ1) is 11.5. The number of hydrogen-bond donors (Lipinski definition) is 1. The second-order valence-electron chi connectivity index (χ2n) is 7.03. The van der Waals surface area contributed by atoms with Crippen LogP contribution in [0.1, 0.15) is 44.3 Å². The van der Waals surface area contributed by atoms with Crippen molar-refractivity contribution in [3.05, 3.63) is 34.8 Å². The predicted octanol–water partition coefficient (Wildman–Crippen LogP) is 3.48. The van der Waals surface area contributed by atoms with E-state index >= 15 is 0 Å². The summed E-state index contributed by atoms with van der Waals surface area (Å²) in [4.78, 5) is 13.0. The molecule has 6 nitrogen and oxygen atoms in total. The summed E-state index contributed by atoms with van der Waals surface area (Å²) >= 11 is 1.10. The number of hydrogen-bond acceptors (Lipinski definition) is 5. The summed E-state index contributed by atoms with van der Waals surface area (Å²) in [6, 6.07) is 3.56. The zero-order valence-corrected chi connectivity index (χ0v) is 16.6. The van der Waals surface area contributed by atoms with Gasteiger partial charge in [0, 0.05) is 24.0 Å². The van der Waals surface area contributed by atoms with Gasteiger partial charge in [0.2, 0.25) is 0 Å². The molecule has 136 valence electrons. The second kappa shape index (κ2) is 7.13. The smallest absolute Gasteiger partial charge is 0.283 e. The Kier molecular flexibility index (Phi) is 5.53. The molecule has 25 heavy (non-hydrogen) atoms. The Morgan fingerprint density at radius 1 is 1.28 bits per heavy atom. The Bertz CT molecular complexity index is 871. The molecule has 0 radical (unpaired) electrons. The molecule has 2 heterocycles. The highest BCUT2D eigenvalue weighted by Gasteiger charge is 2.29. The number of sulfone groups is 1. The predicted molar refractivity (Wildman–Crippen MR) is 101 cm³/mol. The van der Waals surface area contributed by atoms with E-state index < -0.39 is 21.0 Å². The standard InChI is InChI=1S/C17H23N3O3S2/c1-12(2)25(22,23)13-10-24-15(14(13)20-8-6-7-9-20)16(21)19-18-11-17(3,4)5/h6-12H,1-5H3,(H,19,21)/b18-11+. The molecule has 0 saturated heterocycles. The van der Waals surface area contributed by atoms with Gasteiger partial charge in [-0.2, -0.15) is 5.10 Å². The van der Waals surface area contributed by atoms with E-state index in [1.807, 2.05) is 20.8 Å². The number of nitrogens with zero attached hydrogens (tertiary/aromatic N) is 2. The van der Waals surface area contributed by atoms with Crippen molar-refractivity contribution in [1.82, 2.24) is 9.99 Å². The van der Waals surface area contributed by atoms with E-state index in [2.05, 4.69) is 10.5 Å². The summed E-state index contributed by atoms with van der Waals surface area (Å²) in [6.07, 6.45) is 5.08. The van der Waals surface area contributed by atoms with Gasteiger partial charge in [0.15, 0.2) is 9.84 Å². The van der Waals surface area contributed by atoms with Gasteiger partial charge in [0.05, 0.1) is 10.9 Å². The molecule has 0 aromatic carbocycles. The molecule has 2 rings (SSSR count). The van der Waals surface area contributed by atoms with Crippen LogP contribution in [0.15, 0.2) is 39.9 Å². The lowest BCUT2D eigenvalue weighted by Crippen LogP contribution is -2.21. The van der Waals surface area contributed by atoms with Crippen LogP contribution in [-0.4, -0.2) is 30.4 Å². The third kappa shape index (κ3) is 4.38. The Labute approximate surface area is 152 Å². The van der Waals surface area contributed by atoms with E-state index in [1.54, 1.807) is 49.2 Å². The molecule has 0 aliphatic heterocycles. The maximum atomic E-state index is 12.7. The number of carbonyl (C=O) groups excluding carboxylic acids is 1. The SMILES string of the molecule is CC(C)S(=O)(=O)c1csc(C(=O)N/N=C/C(C)(C)C)c1-n1cccc1. The first kappa shape index (κ1) is 19.4. The van der Waals surface area contributed by atoms with Crippen LogP contribution in [-0.2, 0) is 9.84 Å². The van der Waals surface area contributed by atoms with Crippen LogP contribution in [0.4, 0.5) is 0 Å². The topological polar surface area (TPSA) is 80.5 Å². The van der Waals surface area contributed by atoms with E-state index in [1.165, 1.54) is 5.38 Å². The fraction of sp³-hybridized carbons (Fsp3) is 0.412. The van der Waals surface area contributed by atoms with Crippen molar-refractivity contribution in [2.24, 2.45) is 10.5 Å². The first-order valence-corrected chi connectivity index (χ1v) is 10.3. The van der Waals surface area contributed by atoms with Gasteiger partial charge < -0.3 is 4.57 Å². The highest BCUT2D eigenvalue weighted by atomic mass is 32.2. The fourth-order valence-electron chi connectivity index (χ4n) is 2.02. The summed E-state index contributed by atoms with van der Waals surface area (Å²) in [7, 11) is -3.52. The van der Waals surface area contributed by atoms with E-state index in [-0.39, 0.29) is 10.3 Å². The van der Waals surface area contributed by atoms with E-state index in [4.69, 9.17) is 0 Å². The molecule has 0 aliphatic carbocycles. The minimum Gasteiger partial charge on any atom is -0.321 e. The first-order valence-electron chi connectivity index (χ1n) is 7.87. The third-order valence-electron chi connectivity index (χ3n) is 3.35. The summed E-state index contributed by atoms with van der Waals surface area (Å²) in [6.45, 7) is 9.14. The summed E-state index contributed by atoms with van der Waals surface area (Å²) in [5.74, 6) is -0.431. The monoisotopic (exact) mass is 381 g/mol. The quantitative estimate of drug-likeness (QED) is 0.636. The normalized spacial score (nSPS) is 12.9. The molecule has 2 aromatic heterocycles. The molecule has 0 atom stereocenters. The molecule has 2 aromatic rings. The van der Waals surface area contributed by atoms with Gasteiger partial charge >= 0.3 is 0 Å². The lowest BCUT2D eigenvalue weighted by molar-refractivity contribution is 0.0958. The zero-order chi connectivity index (χ0) is 18.8. The molecular weight excluding hydrogens is 358 g/mol. The minimum atomic E-state index is -3.52. The van der Waals surface area contributed by atoms with Gasteiger partial charge in [-0.25, -0.2) is 13.8 Å². The molecule has 0 spiro atoms. The lowest BCUT2D eigenvalue weighted by Gasteiger charge is -2.12. The van der Waals surface area contributed by atoms with E-state index in [9.17, 15) is 13.2 Å². The van der Waals surface area contributed by atoms with Crippen LogP contribution in [0.2, 0.25) is 0 Å². The summed E-state index contributed by atoms with van der Waals surface area (Å²) < 4.78 is 27.0. The molecule has 1 N–H and O–H groups in total. The van der Waals surface area contributed by atoms with Gasteiger partial charge in [-0.3, -0.25) is 4.79 Å². The van der Waals surface area contributed by atoms with Crippen molar-refractivity contribution in [2.45, 2.75) is 44.8 Å². The largest absolute Gasteiger partial charge is 0.321 e. The molecule has 8 heteroatoms. The number of aromatic nitrogens is 1. The second-order valence-corrected chi connectivity index (χ2v) is 10.4. The molecular formula is C17H23N3O3S2. The van der Waals surface area contributed by atoms with Gasteiger partial charge in [0.1, 0.15) is 9.77 Å². The average molecular weight is 382 g/mol. The van der Waals surface area contributed by atoms with Crippen molar-refractivity contribution in [3.63, 3.8) is 0 Å². The van der Waals surface area contributed by atoms with Crippen molar-refractivity contribution in [2.75, 3.05) is 0 Å². The van der Waals surface area contributed by atoms with Crippen LogP contribution < -0.4 is 5.43 Å². The Morgan fingerprint density at radius 3 is 2.40 bits per heavy atom. The molecule has 0 aliphatic rings. The van der Waals surface area contributed by atoms with Crippen LogP contribution in [0.3, 0.4) is 0 Å². The van der Waals surface area contributed by atoms with Crippen molar-refractivity contribution >= 4 is 33.3 Å². The van der Waals surface area contributed by atoms with Gasteiger partial charge in [-0.15, -0.1) is 11.3 Å². The van der Waals surface area contributed by atoms with Crippen molar-refractivity contribution in [1.29, 1.82) is 0 Å². The van der Waals surface area contributed by atoms with Gasteiger partial charge in [0.25, 0.3) is 5.91 Å². The highest BCUT2D eigenvalue weighted by Crippen LogP contribution is 2.32. The fourth-order valence-corrected chi connectivity index (χ4v) is 4.56. The Balaban J connectivity index is 2.48. The van der Waals surface area contributed by atoms with Gasteiger partial charge in [-0.1, -0.05) is 20.8 Å². The van der Waals surface area contributed by atoms with Crippen LogP contribution in [0.5, 0.6) is 0 Å². The Morgan fingerprint density at radius 2 is 1.88 bits per heavy atom. The number of rotatable bonds is 5. The van der Waals surface area contributed by atoms with Crippen LogP contribution in [0, 0.1) is 5.41 Å². The number of nitrogens with one attached hydrogen (secondary N) is 1. The van der Waals surface area contributed by atoms with Crippen molar-refractivity contribution < 1.29 is 13.2 Å². The summed E-state index contributed by atoms with van der Waals surface area (Å²) in [5, 5.41) is 4.91. The molecule has 0 bridgehead atoms. The third-order valence-corrected chi connectivity index (χ3v) is 6.63. The molecule has 1 amide bonds.